The Morgan fingerprint density at radius 2 is 1.58 bits per heavy atom. The van der Waals surface area contributed by atoms with Crippen LogP contribution in [0.4, 0.5) is 5.69 Å². The molecule has 0 aliphatic carbocycles. The van der Waals surface area contributed by atoms with E-state index in [1.54, 1.807) is 0 Å². The van der Waals surface area contributed by atoms with Gasteiger partial charge < -0.3 is 19.9 Å². The summed E-state index contributed by atoms with van der Waals surface area (Å²) in [7, 11) is 0. The lowest BCUT2D eigenvalue weighted by Crippen LogP contribution is -2.49. The summed E-state index contributed by atoms with van der Waals surface area (Å²) in [4.78, 5) is 28.6. The predicted octanol–water partition coefficient (Wildman–Crippen LogP) is 3.22. The minimum atomic E-state index is -0.221. The molecule has 31 heavy (non-hydrogen) atoms. The zero-order valence-corrected chi connectivity index (χ0v) is 18.8. The summed E-state index contributed by atoms with van der Waals surface area (Å²) in [5, 5.41) is 2.77. The molecule has 1 aliphatic rings. The number of ether oxygens (including phenoxy) is 1. The van der Waals surface area contributed by atoms with Gasteiger partial charge in [0.25, 0.3) is 5.91 Å². The van der Waals surface area contributed by atoms with Crippen LogP contribution in [0.5, 0.6) is 5.75 Å². The van der Waals surface area contributed by atoms with E-state index in [4.69, 9.17) is 4.74 Å². The van der Waals surface area contributed by atoms with Crippen molar-refractivity contribution < 1.29 is 14.3 Å². The number of hydrogen-bond acceptors (Lipinski definition) is 4. The molecule has 0 radical (unpaired) electrons. The standard InChI is InChI=1S/C25H33N3O3/c1-25(2,3)20-9-11-22(12-10-20)31-19-23(29)26-14-13-24(30)28-17-15-27(16-18-28)21-7-5-4-6-8-21/h4-12H,13-19H2,1-3H3,(H,26,29). The average Bonchev–Trinajstić information content (AvgIpc) is 2.78. The molecular formula is C25H33N3O3. The number of anilines is 1. The molecule has 0 spiro atoms. The summed E-state index contributed by atoms with van der Waals surface area (Å²) >= 11 is 0. The Morgan fingerprint density at radius 1 is 0.935 bits per heavy atom. The highest BCUT2D eigenvalue weighted by Gasteiger charge is 2.21. The quantitative estimate of drug-likeness (QED) is 0.743. The Morgan fingerprint density at radius 3 is 2.19 bits per heavy atom. The molecule has 0 bridgehead atoms. The third-order valence-electron chi connectivity index (χ3n) is 5.51. The summed E-state index contributed by atoms with van der Waals surface area (Å²) in [5.74, 6) is 0.517. The van der Waals surface area contributed by atoms with Gasteiger partial charge in [-0.1, -0.05) is 51.1 Å². The highest BCUT2D eigenvalue weighted by atomic mass is 16.5. The predicted molar refractivity (Wildman–Crippen MR) is 123 cm³/mol. The molecule has 6 nitrogen and oxygen atoms in total. The van der Waals surface area contributed by atoms with Gasteiger partial charge in [0.15, 0.2) is 6.61 Å². The largest absolute Gasteiger partial charge is 0.484 e. The van der Waals surface area contributed by atoms with Crippen LogP contribution in [0.25, 0.3) is 0 Å². The fraction of sp³-hybridized carbons (Fsp3) is 0.440. The van der Waals surface area contributed by atoms with Gasteiger partial charge in [0, 0.05) is 44.8 Å². The van der Waals surface area contributed by atoms with Crippen LogP contribution in [0.2, 0.25) is 0 Å². The van der Waals surface area contributed by atoms with Crippen LogP contribution in [0.1, 0.15) is 32.8 Å². The first-order valence-electron chi connectivity index (χ1n) is 10.9. The first-order chi connectivity index (χ1) is 14.8. The van der Waals surface area contributed by atoms with Crippen LogP contribution in [-0.4, -0.2) is 56.0 Å². The number of nitrogens with one attached hydrogen (secondary N) is 1. The van der Waals surface area contributed by atoms with E-state index in [1.165, 1.54) is 11.3 Å². The molecule has 1 heterocycles. The number of piperazine rings is 1. The Bertz CT molecular complexity index is 852. The smallest absolute Gasteiger partial charge is 0.257 e. The molecular weight excluding hydrogens is 390 g/mol. The summed E-state index contributed by atoms with van der Waals surface area (Å²) in [5.41, 5.74) is 2.48. The van der Waals surface area contributed by atoms with Gasteiger partial charge in [-0.05, 0) is 35.2 Å². The molecule has 0 saturated carbocycles. The van der Waals surface area contributed by atoms with Crippen LogP contribution in [0.15, 0.2) is 54.6 Å². The summed E-state index contributed by atoms with van der Waals surface area (Å²) in [6.45, 7) is 9.78. The van der Waals surface area contributed by atoms with Gasteiger partial charge in [-0.2, -0.15) is 0 Å². The Kier molecular flexibility index (Phi) is 7.55. The number of carbonyl (C=O) groups excluding carboxylic acids is 2. The molecule has 166 valence electrons. The van der Waals surface area contributed by atoms with E-state index in [1.807, 2.05) is 47.4 Å². The van der Waals surface area contributed by atoms with E-state index in [9.17, 15) is 9.59 Å². The van der Waals surface area contributed by atoms with Crippen molar-refractivity contribution in [2.75, 3.05) is 44.2 Å². The number of amides is 2. The zero-order chi connectivity index (χ0) is 22.3. The molecule has 2 aromatic carbocycles. The van der Waals surface area contributed by atoms with E-state index < -0.39 is 0 Å². The van der Waals surface area contributed by atoms with Crippen LogP contribution in [0, 0.1) is 0 Å². The first kappa shape index (κ1) is 22.7. The second-order valence-corrected chi connectivity index (χ2v) is 8.87. The molecule has 0 unspecified atom stereocenters. The van der Waals surface area contributed by atoms with Crippen molar-refractivity contribution >= 4 is 17.5 Å². The van der Waals surface area contributed by atoms with Gasteiger partial charge in [-0.25, -0.2) is 0 Å². The molecule has 1 fully saturated rings. The second-order valence-electron chi connectivity index (χ2n) is 8.87. The van der Waals surface area contributed by atoms with E-state index in [2.05, 4.69) is 43.1 Å². The van der Waals surface area contributed by atoms with Crippen LogP contribution >= 0.6 is 0 Å². The number of benzene rings is 2. The van der Waals surface area contributed by atoms with Gasteiger partial charge in [0.1, 0.15) is 5.75 Å². The summed E-state index contributed by atoms with van der Waals surface area (Å²) in [6, 6.07) is 18.0. The van der Waals surface area contributed by atoms with Gasteiger partial charge in [-0.15, -0.1) is 0 Å². The lowest BCUT2D eigenvalue weighted by Gasteiger charge is -2.36. The van der Waals surface area contributed by atoms with Crippen molar-refractivity contribution in [3.8, 4) is 5.75 Å². The van der Waals surface area contributed by atoms with Gasteiger partial charge >= 0.3 is 0 Å². The van der Waals surface area contributed by atoms with Crippen molar-refractivity contribution in [3.63, 3.8) is 0 Å². The fourth-order valence-corrected chi connectivity index (χ4v) is 3.57. The first-order valence-corrected chi connectivity index (χ1v) is 10.9. The Hall–Kier alpha value is -3.02. The molecule has 0 atom stereocenters. The normalized spacial score (nSPS) is 14.3. The maximum absolute atomic E-state index is 12.4. The minimum Gasteiger partial charge on any atom is -0.484 e. The molecule has 1 N–H and O–H groups in total. The molecule has 3 rings (SSSR count). The lowest BCUT2D eigenvalue weighted by atomic mass is 9.87. The van der Waals surface area contributed by atoms with Crippen molar-refractivity contribution in [2.24, 2.45) is 0 Å². The maximum atomic E-state index is 12.4. The van der Waals surface area contributed by atoms with Crippen molar-refractivity contribution in [1.82, 2.24) is 10.2 Å². The van der Waals surface area contributed by atoms with Gasteiger partial charge in [-0.3, -0.25) is 9.59 Å². The van der Waals surface area contributed by atoms with Gasteiger partial charge in [0.05, 0.1) is 0 Å². The third kappa shape index (κ3) is 6.74. The zero-order valence-electron chi connectivity index (χ0n) is 18.8. The van der Waals surface area contributed by atoms with E-state index in [0.29, 0.717) is 31.8 Å². The monoisotopic (exact) mass is 423 g/mol. The number of rotatable bonds is 7. The lowest BCUT2D eigenvalue weighted by molar-refractivity contribution is -0.131. The molecule has 0 aromatic heterocycles. The van der Waals surface area contributed by atoms with Crippen LogP contribution < -0.4 is 15.0 Å². The Labute approximate surface area is 185 Å². The molecule has 1 saturated heterocycles. The summed E-state index contributed by atoms with van der Waals surface area (Å²) < 4.78 is 5.55. The SMILES string of the molecule is CC(C)(C)c1ccc(OCC(=O)NCCC(=O)N2CCN(c3ccccc3)CC2)cc1. The summed E-state index contributed by atoms with van der Waals surface area (Å²) in [6.07, 6.45) is 0.303. The van der Waals surface area contributed by atoms with Crippen molar-refractivity contribution in [3.05, 3.63) is 60.2 Å². The maximum Gasteiger partial charge on any atom is 0.257 e. The highest BCUT2D eigenvalue weighted by Crippen LogP contribution is 2.24. The number of carbonyl (C=O) groups is 2. The number of nitrogens with zero attached hydrogens (tertiary/aromatic N) is 2. The molecule has 1 aliphatic heterocycles. The van der Waals surface area contributed by atoms with E-state index >= 15 is 0 Å². The molecule has 2 amide bonds. The third-order valence-corrected chi connectivity index (χ3v) is 5.51. The number of para-hydroxylation sites is 1. The Balaban J connectivity index is 1.33. The second kappa shape index (κ2) is 10.3. The van der Waals surface area contributed by atoms with Crippen molar-refractivity contribution in [2.45, 2.75) is 32.6 Å². The molecule has 6 heteroatoms. The van der Waals surface area contributed by atoms with Gasteiger partial charge in [0.2, 0.25) is 5.91 Å². The van der Waals surface area contributed by atoms with Crippen LogP contribution in [-0.2, 0) is 15.0 Å². The van der Waals surface area contributed by atoms with Crippen molar-refractivity contribution in [1.29, 1.82) is 0 Å². The van der Waals surface area contributed by atoms with Crippen LogP contribution in [0.3, 0.4) is 0 Å². The number of hydrogen-bond donors (Lipinski definition) is 1. The topological polar surface area (TPSA) is 61.9 Å². The average molecular weight is 424 g/mol. The molecule has 2 aromatic rings. The minimum absolute atomic E-state index is 0.0567. The van der Waals surface area contributed by atoms with E-state index in [0.717, 1.165) is 13.1 Å². The van der Waals surface area contributed by atoms with E-state index in [-0.39, 0.29) is 23.8 Å². The fourth-order valence-electron chi connectivity index (χ4n) is 3.57. The highest BCUT2D eigenvalue weighted by molar-refractivity contribution is 5.80.